The normalized spacial score (nSPS) is 23.2. The molecule has 19 heavy (non-hydrogen) atoms. The first kappa shape index (κ1) is 15.4. The molecule has 0 radical (unpaired) electrons. The fourth-order valence-electron chi connectivity index (χ4n) is 2.34. The Morgan fingerprint density at radius 3 is 2.95 bits per heavy atom. The van der Waals surface area contributed by atoms with Gasteiger partial charge in [-0.15, -0.1) is 0 Å². The van der Waals surface area contributed by atoms with Crippen molar-refractivity contribution >= 4 is 31.9 Å². The van der Waals surface area contributed by atoms with Gasteiger partial charge in [-0.1, -0.05) is 13.8 Å². The Kier molecular flexibility index (Phi) is 5.81. The summed E-state index contributed by atoms with van der Waals surface area (Å²) in [6.45, 7) is 7.32. The molecule has 106 valence electrons. The lowest BCUT2D eigenvalue weighted by Crippen LogP contribution is -2.28. The molecule has 5 heteroatoms. The molecule has 0 aromatic carbocycles. The van der Waals surface area contributed by atoms with Crippen LogP contribution in [0.4, 0.5) is 0 Å². The van der Waals surface area contributed by atoms with Crippen molar-refractivity contribution in [2.45, 2.75) is 26.4 Å². The predicted octanol–water partition coefficient (Wildman–Crippen LogP) is 3.93. The summed E-state index contributed by atoms with van der Waals surface area (Å²) in [4.78, 5) is 4.51. The van der Waals surface area contributed by atoms with E-state index in [4.69, 9.17) is 4.74 Å². The average Bonchev–Trinajstić information content (AvgIpc) is 2.77. The second kappa shape index (κ2) is 7.16. The number of hydrogen-bond donors (Lipinski definition) is 1. The highest BCUT2D eigenvalue weighted by molar-refractivity contribution is 9.11. The molecule has 1 saturated heterocycles. The van der Waals surface area contributed by atoms with E-state index in [2.05, 4.69) is 56.0 Å². The van der Waals surface area contributed by atoms with Crippen molar-refractivity contribution < 1.29 is 4.74 Å². The first-order valence-electron chi connectivity index (χ1n) is 6.71. The Bertz CT molecular complexity index is 426. The van der Waals surface area contributed by atoms with Gasteiger partial charge < -0.3 is 10.1 Å². The van der Waals surface area contributed by atoms with E-state index < -0.39 is 0 Å². The third kappa shape index (κ3) is 4.25. The van der Waals surface area contributed by atoms with Crippen molar-refractivity contribution in [1.82, 2.24) is 10.3 Å². The number of nitrogens with zero attached hydrogens (tertiary/aromatic N) is 1. The smallest absolute Gasteiger partial charge is 0.105 e. The van der Waals surface area contributed by atoms with Crippen LogP contribution in [-0.2, 0) is 4.74 Å². The van der Waals surface area contributed by atoms with Gasteiger partial charge in [0.2, 0.25) is 0 Å². The summed E-state index contributed by atoms with van der Waals surface area (Å²) < 4.78 is 7.88. The Balaban J connectivity index is 2.01. The van der Waals surface area contributed by atoms with Crippen LogP contribution in [0.15, 0.2) is 21.2 Å². The standard InChI is InChI=1S/C14H20Br2N2O/c1-9(2)6-17-7-10-3-4-19-14(10)13-12(16)5-11(15)8-18-13/h5,8-10,14,17H,3-4,6-7H2,1-2H3. The number of ether oxygens (including phenoxy) is 1. The molecule has 1 aromatic rings. The van der Waals surface area contributed by atoms with Crippen molar-refractivity contribution in [3.8, 4) is 0 Å². The van der Waals surface area contributed by atoms with E-state index in [-0.39, 0.29) is 6.10 Å². The van der Waals surface area contributed by atoms with E-state index >= 15 is 0 Å². The minimum atomic E-state index is 0.0992. The number of pyridine rings is 1. The molecule has 0 aliphatic carbocycles. The maximum absolute atomic E-state index is 5.88. The predicted molar refractivity (Wildman–Crippen MR) is 84.1 cm³/mol. The third-order valence-electron chi connectivity index (χ3n) is 3.28. The van der Waals surface area contributed by atoms with Crippen LogP contribution in [-0.4, -0.2) is 24.7 Å². The van der Waals surface area contributed by atoms with Gasteiger partial charge in [0.05, 0.1) is 5.69 Å². The van der Waals surface area contributed by atoms with Crippen LogP contribution < -0.4 is 5.32 Å². The van der Waals surface area contributed by atoms with Crippen LogP contribution in [0.25, 0.3) is 0 Å². The lowest BCUT2D eigenvalue weighted by molar-refractivity contribution is 0.0863. The van der Waals surface area contributed by atoms with E-state index in [9.17, 15) is 0 Å². The van der Waals surface area contributed by atoms with Crippen molar-refractivity contribution in [2.24, 2.45) is 11.8 Å². The maximum atomic E-state index is 5.88. The van der Waals surface area contributed by atoms with Gasteiger partial charge in [-0.25, -0.2) is 0 Å². The minimum absolute atomic E-state index is 0.0992. The summed E-state index contributed by atoms with van der Waals surface area (Å²) in [5.41, 5.74) is 1.01. The van der Waals surface area contributed by atoms with Gasteiger partial charge >= 0.3 is 0 Å². The van der Waals surface area contributed by atoms with E-state index in [1.807, 2.05) is 12.3 Å². The quantitative estimate of drug-likeness (QED) is 0.825. The highest BCUT2D eigenvalue weighted by Gasteiger charge is 2.31. The third-order valence-corrected chi connectivity index (χ3v) is 4.35. The minimum Gasteiger partial charge on any atom is -0.372 e. The van der Waals surface area contributed by atoms with E-state index in [0.717, 1.165) is 40.8 Å². The lowest BCUT2D eigenvalue weighted by atomic mass is 9.98. The average molecular weight is 392 g/mol. The van der Waals surface area contributed by atoms with Gasteiger partial charge in [-0.3, -0.25) is 4.98 Å². The Morgan fingerprint density at radius 1 is 1.47 bits per heavy atom. The molecule has 1 fully saturated rings. The molecule has 0 bridgehead atoms. The van der Waals surface area contributed by atoms with Gasteiger partial charge in [0, 0.05) is 34.2 Å². The molecule has 0 amide bonds. The molecule has 2 unspecified atom stereocenters. The van der Waals surface area contributed by atoms with Crippen LogP contribution in [0.1, 0.15) is 32.1 Å². The molecule has 1 aromatic heterocycles. The van der Waals surface area contributed by atoms with Crippen molar-refractivity contribution in [3.05, 3.63) is 26.9 Å². The zero-order valence-electron chi connectivity index (χ0n) is 11.3. The molecule has 2 heterocycles. The maximum Gasteiger partial charge on any atom is 0.105 e. The molecule has 0 saturated carbocycles. The molecule has 1 aliphatic heterocycles. The van der Waals surface area contributed by atoms with Gasteiger partial charge in [0.25, 0.3) is 0 Å². The lowest BCUT2D eigenvalue weighted by Gasteiger charge is -2.20. The summed E-state index contributed by atoms with van der Waals surface area (Å²) in [5, 5.41) is 3.53. The number of hydrogen-bond acceptors (Lipinski definition) is 3. The summed E-state index contributed by atoms with van der Waals surface area (Å²) in [6.07, 6.45) is 3.03. The fraction of sp³-hybridized carbons (Fsp3) is 0.643. The summed E-state index contributed by atoms with van der Waals surface area (Å²) in [5.74, 6) is 1.18. The zero-order valence-corrected chi connectivity index (χ0v) is 14.5. The van der Waals surface area contributed by atoms with Gasteiger partial charge in [-0.2, -0.15) is 0 Å². The number of halogens is 2. The van der Waals surface area contributed by atoms with Crippen LogP contribution in [0, 0.1) is 11.8 Å². The van der Waals surface area contributed by atoms with Crippen LogP contribution in [0.5, 0.6) is 0 Å². The summed E-state index contributed by atoms with van der Waals surface area (Å²) in [7, 11) is 0. The van der Waals surface area contributed by atoms with Gasteiger partial charge in [0.1, 0.15) is 6.10 Å². The zero-order chi connectivity index (χ0) is 13.8. The molecule has 3 nitrogen and oxygen atoms in total. The highest BCUT2D eigenvalue weighted by Crippen LogP contribution is 2.37. The first-order chi connectivity index (χ1) is 9.08. The van der Waals surface area contributed by atoms with Gasteiger partial charge in [-0.05, 0) is 56.8 Å². The molecule has 1 aliphatic rings. The topological polar surface area (TPSA) is 34.1 Å². The molecular formula is C14H20Br2N2O. The molecule has 2 rings (SSSR count). The number of aromatic nitrogens is 1. The first-order valence-corrected chi connectivity index (χ1v) is 8.29. The second-order valence-electron chi connectivity index (χ2n) is 5.41. The molecule has 1 N–H and O–H groups in total. The Hall–Kier alpha value is 0.0300. The van der Waals surface area contributed by atoms with Gasteiger partial charge in [0.15, 0.2) is 0 Å². The van der Waals surface area contributed by atoms with Crippen molar-refractivity contribution in [2.75, 3.05) is 19.7 Å². The number of rotatable bonds is 5. The fourth-order valence-corrected chi connectivity index (χ4v) is 3.55. The van der Waals surface area contributed by atoms with Crippen LogP contribution in [0.2, 0.25) is 0 Å². The van der Waals surface area contributed by atoms with Crippen LogP contribution >= 0.6 is 31.9 Å². The molecular weight excluding hydrogens is 372 g/mol. The Morgan fingerprint density at radius 2 is 2.26 bits per heavy atom. The summed E-state index contributed by atoms with van der Waals surface area (Å²) >= 11 is 7.02. The Labute approximate surface area is 131 Å². The highest BCUT2D eigenvalue weighted by atomic mass is 79.9. The second-order valence-corrected chi connectivity index (χ2v) is 7.18. The largest absolute Gasteiger partial charge is 0.372 e. The monoisotopic (exact) mass is 390 g/mol. The number of nitrogens with one attached hydrogen (secondary N) is 1. The van der Waals surface area contributed by atoms with E-state index in [1.54, 1.807) is 0 Å². The molecule has 2 atom stereocenters. The van der Waals surface area contributed by atoms with Crippen molar-refractivity contribution in [1.29, 1.82) is 0 Å². The van der Waals surface area contributed by atoms with Crippen LogP contribution in [0.3, 0.4) is 0 Å². The van der Waals surface area contributed by atoms with Crippen molar-refractivity contribution in [3.63, 3.8) is 0 Å². The molecule has 0 spiro atoms. The van der Waals surface area contributed by atoms with E-state index in [0.29, 0.717) is 11.8 Å². The SMILES string of the molecule is CC(C)CNCC1CCOC1c1ncc(Br)cc1Br. The van der Waals surface area contributed by atoms with E-state index in [1.165, 1.54) is 0 Å². The summed E-state index contributed by atoms with van der Waals surface area (Å²) in [6, 6.07) is 2.03.